The molecular weight excluding hydrogens is 260 g/mol. The predicted molar refractivity (Wildman–Crippen MR) is 90.8 cm³/mol. The van der Waals surface area contributed by atoms with E-state index < -0.39 is 0 Å². The first-order valence-corrected chi connectivity index (χ1v) is 8.91. The molecule has 1 N–H and O–H groups in total. The summed E-state index contributed by atoms with van der Waals surface area (Å²) in [7, 11) is 4.56. The molecule has 0 aromatic rings. The van der Waals surface area contributed by atoms with Crippen LogP contribution in [-0.4, -0.2) is 86.2 Å². The lowest BCUT2D eigenvalue weighted by atomic mass is 9.94. The fourth-order valence-corrected chi connectivity index (χ4v) is 3.74. The normalized spacial score (nSPS) is 35.0. The Morgan fingerprint density at radius 1 is 1.10 bits per heavy atom. The third kappa shape index (κ3) is 4.41. The summed E-state index contributed by atoms with van der Waals surface area (Å²) in [4.78, 5) is 7.82. The Balaban J connectivity index is 1.96. The van der Waals surface area contributed by atoms with Crippen molar-refractivity contribution in [1.29, 1.82) is 0 Å². The van der Waals surface area contributed by atoms with Gasteiger partial charge in [0.05, 0.1) is 0 Å². The first-order chi connectivity index (χ1) is 10.0. The van der Waals surface area contributed by atoms with E-state index in [2.05, 4.69) is 54.9 Å². The molecule has 4 nitrogen and oxygen atoms in total. The van der Waals surface area contributed by atoms with Crippen molar-refractivity contribution in [3.05, 3.63) is 0 Å². The molecule has 21 heavy (non-hydrogen) atoms. The van der Waals surface area contributed by atoms with E-state index in [9.17, 15) is 0 Å². The first kappa shape index (κ1) is 17.2. The molecule has 4 heteroatoms. The van der Waals surface area contributed by atoms with Crippen LogP contribution in [0, 0.1) is 5.92 Å². The zero-order valence-corrected chi connectivity index (χ0v) is 14.8. The lowest BCUT2D eigenvalue weighted by Crippen LogP contribution is -2.62. The van der Waals surface area contributed by atoms with Crippen LogP contribution in [0.4, 0.5) is 0 Å². The Morgan fingerprint density at radius 3 is 2.52 bits per heavy atom. The fraction of sp³-hybridized carbons (Fsp3) is 1.00. The van der Waals surface area contributed by atoms with Gasteiger partial charge in [0.25, 0.3) is 0 Å². The summed E-state index contributed by atoms with van der Waals surface area (Å²) in [5.74, 6) is 0.775. The average molecular weight is 297 g/mol. The minimum atomic E-state index is 0.671. The largest absolute Gasteiger partial charge is 0.311 e. The van der Waals surface area contributed by atoms with Crippen molar-refractivity contribution in [2.45, 2.75) is 51.7 Å². The molecule has 0 aromatic heterocycles. The van der Waals surface area contributed by atoms with Crippen LogP contribution >= 0.6 is 0 Å². The first-order valence-electron chi connectivity index (χ1n) is 8.91. The third-order valence-electron chi connectivity index (χ3n) is 5.79. The van der Waals surface area contributed by atoms with Crippen molar-refractivity contribution in [2.24, 2.45) is 5.92 Å². The van der Waals surface area contributed by atoms with E-state index in [1.807, 2.05) is 0 Å². The zero-order chi connectivity index (χ0) is 15.4. The monoisotopic (exact) mass is 296 g/mol. The molecule has 4 unspecified atom stereocenters. The summed E-state index contributed by atoms with van der Waals surface area (Å²) in [6.45, 7) is 14.3. The van der Waals surface area contributed by atoms with Gasteiger partial charge in [-0.15, -0.1) is 0 Å². The Morgan fingerprint density at radius 2 is 1.86 bits per heavy atom. The Bertz CT molecular complexity index is 309. The molecule has 2 aliphatic rings. The van der Waals surface area contributed by atoms with Crippen molar-refractivity contribution < 1.29 is 0 Å². The van der Waals surface area contributed by atoms with Crippen LogP contribution < -0.4 is 5.32 Å². The molecule has 2 aliphatic heterocycles. The summed E-state index contributed by atoms with van der Waals surface area (Å²) >= 11 is 0. The van der Waals surface area contributed by atoms with Crippen LogP contribution in [0.25, 0.3) is 0 Å². The van der Waals surface area contributed by atoms with Gasteiger partial charge in [-0.25, -0.2) is 0 Å². The Labute approximate surface area is 131 Å². The van der Waals surface area contributed by atoms with Gasteiger partial charge < -0.3 is 10.2 Å². The SMILES string of the molecule is CCC(C)C1CN(CC2CN(C)CCN2C)C(CC)CN1. The number of rotatable bonds is 5. The molecule has 0 aliphatic carbocycles. The third-order valence-corrected chi connectivity index (χ3v) is 5.79. The summed E-state index contributed by atoms with van der Waals surface area (Å²) < 4.78 is 0. The van der Waals surface area contributed by atoms with Crippen LogP contribution in [0.15, 0.2) is 0 Å². The lowest BCUT2D eigenvalue weighted by Gasteiger charge is -2.46. The van der Waals surface area contributed by atoms with Gasteiger partial charge in [-0.05, 0) is 26.4 Å². The second-order valence-corrected chi connectivity index (χ2v) is 7.31. The summed E-state index contributed by atoms with van der Waals surface area (Å²) in [6, 6.07) is 2.07. The summed E-state index contributed by atoms with van der Waals surface area (Å²) in [6.07, 6.45) is 2.53. The molecule has 0 aromatic carbocycles. The fourth-order valence-electron chi connectivity index (χ4n) is 3.74. The van der Waals surface area contributed by atoms with Crippen molar-refractivity contribution in [3.63, 3.8) is 0 Å². The summed E-state index contributed by atoms with van der Waals surface area (Å²) in [5, 5.41) is 3.79. The Hall–Kier alpha value is -0.160. The predicted octanol–water partition coefficient (Wildman–Crippen LogP) is 1.33. The molecule has 0 spiro atoms. The zero-order valence-electron chi connectivity index (χ0n) is 14.8. The van der Waals surface area contributed by atoms with Gasteiger partial charge in [0.1, 0.15) is 0 Å². The molecule has 0 radical (unpaired) electrons. The minimum absolute atomic E-state index is 0.671. The molecule has 0 saturated carbocycles. The van der Waals surface area contributed by atoms with E-state index in [4.69, 9.17) is 0 Å². The quantitative estimate of drug-likeness (QED) is 0.826. The maximum Gasteiger partial charge on any atom is 0.0347 e. The number of piperazine rings is 2. The van der Waals surface area contributed by atoms with Crippen LogP contribution in [0.2, 0.25) is 0 Å². The van der Waals surface area contributed by atoms with E-state index in [0.717, 1.165) is 12.5 Å². The van der Waals surface area contributed by atoms with E-state index in [1.54, 1.807) is 0 Å². The molecule has 2 fully saturated rings. The van der Waals surface area contributed by atoms with Crippen molar-refractivity contribution in [2.75, 3.05) is 53.4 Å². The highest BCUT2D eigenvalue weighted by atomic mass is 15.3. The van der Waals surface area contributed by atoms with Gasteiger partial charge in [0.2, 0.25) is 0 Å². The van der Waals surface area contributed by atoms with E-state index in [1.165, 1.54) is 45.6 Å². The van der Waals surface area contributed by atoms with Crippen LogP contribution in [0.3, 0.4) is 0 Å². The molecule has 2 rings (SSSR count). The van der Waals surface area contributed by atoms with Crippen molar-refractivity contribution in [1.82, 2.24) is 20.0 Å². The molecule has 2 heterocycles. The van der Waals surface area contributed by atoms with Crippen LogP contribution in [0.5, 0.6) is 0 Å². The van der Waals surface area contributed by atoms with Gasteiger partial charge in [-0.2, -0.15) is 0 Å². The molecule has 2 saturated heterocycles. The van der Waals surface area contributed by atoms with Crippen LogP contribution in [0.1, 0.15) is 33.6 Å². The number of nitrogens with one attached hydrogen (secondary N) is 1. The van der Waals surface area contributed by atoms with Gasteiger partial charge in [0, 0.05) is 57.4 Å². The summed E-state index contributed by atoms with van der Waals surface area (Å²) in [5.41, 5.74) is 0. The van der Waals surface area contributed by atoms with Crippen molar-refractivity contribution >= 4 is 0 Å². The van der Waals surface area contributed by atoms with Crippen molar-refractivity contribution in [3.8, 4) is 0 Å². The maximum absolute atomic E-state index is 3.79. The number of likely N-dealkylation sites (N-methyl/N-ethyl adjacent to an activating group) is 2. The van der Waals surface area contributed by atoms with E-state index in [0.29, 0.717) is 18.1 Å². The second kappa shape index (κ2) is 7.91. The highest BCUT2D eigenvalue weighted by Gasteiger charge is 2.32. The smallest absolute Gasteiger partial charge is 0.0347 e. The topological polar surface area (TPSA) is 21.8 Å². The van der Waals surface area contributed by atoms with Gasteiger partial charge in [0.15, 0.2) is 0 Å². The number of hydrogen-bond donors (Lipinski definition) is 1. The molecule has 124 valence electrons. The maximum atomic E-state index is 3.79. The van der Waals surface area contributed by atoms with Gasteiger partial charge >= 0.3 is 0 Å². The van der Waals surface area contributed by atoms with Gasteiger partial charge in [-0.3, -0.25) is 9.80 Å². The molecular formula is C17H36N4. The molecule has 0 bridgehead atoms. The molecule has 0 amide bonds. The Kier molecular flexibility index (Phi) is 6.48. The van der Waals surface area contributed by atoms with E-state index in [-0.39, 0.29) is 0 Å². The standard InChI is InChI=1S/C17H36N4/c1-6-14(3)17-13-21(15(7-2)10-18-17)12-16-11-19(4)8-9-20(16)5/h14-18H,6-13H2,1-5H3. The highest BCUT2D eigenvalue weighted by Crippen LogP contribution is 2.19. The number of nitrogens with zero attached hydrogens (tertiary/aromatic N) is 3. The second-order valence-electron chi connectivity index (χ2n) is 7.31. The van der Waals surface area contributed by atoms with Crippen LogP contribution in [-0.2, 0) is 0 Å². The lowest BCUT2D eigenvalue weighted by molar-refractivity contribution is 0.0416. The van der Waals surface area contributed by atoms with Gasteiger partial charge in [-0.1, -0.05) is 27.2 Å². The number of hydrogen-bond acceptors (Lipinski definition) is 4. The average Bonchev–Trinajstić information content (AvgIpc) is 2.50. The minimum Gasteiger partial charge on any atom is -0.311 e. The highest BCUT2D eigenvalue weighted by molar-refractivity contribution is 4.91. The molecule has 4 atom stereocenters. The van der Waals surface area contributed by atoms with E-state index >= 15 is 0 Å².